The van der Waals surface area contributed by atoms with Gasteiger partial charge in [-0.3, -0.25) is 10.1 Å². The van der Waals surface area contributed by atoms with E-state index in [1.54, 1.807) is 0 Å². The van der Waals surface area contributed by atoms with Crippen molar-refractivity contribution in [2.45, 2.75) is 58.2 Å². The third kappa shape index (κ3) is 4.19. The van der Waals surface area contributed by atoms with Crippen LogP contribution in [-0.2, 0) is 14.6 Å². The van der Waals surface area contributed by atoms with Gasteiger partial charge in [-0.15, -0.1) is 0 Å². The summed E-state index contributed by atoms with van der Waals surface area (Å²) in [5, 5.41) is 3.51. The van der Waals surface area contributed by atoms with Crippen LogP contribution in [0, 0.1) is 11.8 Å². The minimum Gasteiger partial charge on any atom is -0.325 e. The Bertz CT molecular complexity index is 469. The zero-order valence-electron chi connectivity index (χ0n) is 13.3. The van der Waals surface area contributed by atoms with E-state index in [0.29, 0.717) is 18.9 Å². The first-order valence-corrected chi connectivity index (χ1v) is 10.1. The molecule has 2 rings (SSSR count). The first-order valence-electron chi connectivity index (χ1n) is 8.04. The van der Waals surface area contributed by atoms with Crippen LogP contribution >= 0.6 is 0 Å². The molecule has 0 bridgehead atoms. The average Bonchev–Trinajstić information content (AvgIpc) is 2.96. The van der Waals surface area contributed by atoms with E-state index in [9.17, 15) is 13.2 Å². The first kappa shape index (κ1) is 16.7. The van der Waals surface area contributed by atoms with Crippen molar-refractivity contribution in [3.63, 3.8) is 0 Å². The smallest absolute Gasteiger partial charge is 0.241 e. The summed E-state index contributed by atoms with van der Waals surface area (Å²) in [7, 11) is -2.96. The molecule has 1 amide bonds. The molecule has 1 N–H and O–H groups in total. The number of carbonyl (C=O) groups is 1. The van der Waals surface area contributed by atoms with Gasteiger partial charge in [-0.2, -0.15) is 0 Å². The molecule has 21 heavy (non-hydrogen) atoms. The fourth-order valence-corrected chi connectivity index (χ4v) is 4.20. The zero-order chi connectivity index (χ0) is 15.6. The Morgan fingerprint density at radius 2 is 1.90 bits per heavy atom. The molecule has 0 aromatic rings. The quantitative estimate of drug-likeness (QED) is 0.804. The van der Waals surface area contributed by atoms with Crippen LogP contribution in [0.2, 0.25) is 0 Å². The fourth-order valence-electron chi connectivity index (χ4n) is 3.55. The Hall–Kier alpha value is -0.620. The minimum atomic E-state index is -2.96. The Balaban J connectivity index is 2.03. The van der Waals surface area contributed by atoms with Gasteiger partial charge in [-0.25, -0.2) is 8.42 Å². The third-order valence-corrected chi connectivity index (χ3v) is 5.69. The lowest BCUT2D eigenvalue weighted by molar-refractivity contribution is -0.131. The van der Waals surface area contributed by atoms with Gasteiger partial charge in [0.05, 0.1) is 18.0 Å². The maximum Gasteiger partial charge on any atom is 0.241 e. The zero-order valence-corrected chi connectivity index (χ0v) is 14.2. The predicted octanol–water partition coefficient (Wildman–Crippen LogP) is 1.39. The van der Waals surface area contributed by atoms with Gasteiger partial charge in [0.25, 0.3) is 0 Å². The molecule has 6 heteroatoms. The van der Waals surface area contributed by atoms with Gasteiger partial charge >= 0.3 is 0 Å². The van der Waals surface area contributed by atoms with Crippen LogP contribution in [0.15, 0.2) is 0 Å². The van der Waals surface area contributed by atoms with Crippen LogP contribution < -0.4 is 5.32 Å². The molecule has 0 aromatic heterocycles. The molecule has 2 atom stereocenters. The van der Waals surface area contributed by atoms with E-state index in [4.69, 9.17) is 0 Å². The van der Waals surface area contributed by atoms with Crippen molar-refractivity contribution in [2.75, 3.05) is 18.6 Å². The Morgan fingerprint density at radius 3 is 2.43 bits per heavy atom. The van der Waals surface area contributed by atoms with Gasteiger partial charge in [-0.05, 0) is 31.1 Å². The molecule has 0 aromatic carbocycles. The van der Waals surface area contributed by atoms with Crippen LogP contribution in [0.4, 0.5) is 0 Å². The molecule has 1 saturated heterocycles. The van der Waals surface area contributed by atoms with Crippen molar-refractivity contribution in [1.82, 2.24) is 10.2 Å². The molecule has 0 radical (unpaired) electrons. The van der Waals surface area contributed by atoms with Gasteiger partial charge in [0, 0.05) is 12.8 Å². The van der Waals surface area contributed by atoms with E-state index < -0.39 is 9.84 Å². The third-order valence-electron chi connectivity index (χ3n) is 4.66. The SMILES string of the molecule is CC(C)C1NC(C2CCCC2)N(CCCS(C)(=O)=O)C1=O. The van der Waals surface area contributed by atoms with E-state index in [1.807, 2.05) is 4.90 Å². The second kappa shape index (κ2) is 6.65. The van der Waals surface area contributed by atoms with Crippen LogP contribution in [0.3, 0.4) is 0 Å². The molecule has 122 valence electrons. The second-order valence-electron chi connectivity index (χ2n) is 6.89. The van der Waals surface area contributed by atoms with Gasteiger partial charge in [0.2, 0.25) is 5.91 Å². The predicted molar refractivity (Wildman–Crippen MR) is 83.5 cm³/mol. The highest BCUT2D eigenvalue weighted by Gasteiger charge is 2.43. The van der Waals surface area contributed by atoms with Crippen molar-refractivity contribution in [3.8, 4) is 0 Å². The number of carbonyl (C=O) groups excluding carboxylic acids is 1. The summed E-state index contributed by atoms with van der Waals surface area (Å²) in [4.78, 5) is 14.5. The van der Waals surface area contributed by atoms with Crippen molar-refractivity contribution >= 4 is 15.7 Å². The number of hydrogen-bond acceptors (Lipinski definition) is 4. The molecule has 1 saturated carbocycles. The van der Waals surface area contributed by atoms with Crippen molar-refractivity contribution in [1.29, 1.82) is 0 Å². The van der Waals surface area contributed by atoms with Crippen molar-refractivity contribution < 1.29 is 13.2 Å². The highest BCUT2D eigenvalue weighted by molar-refractivity contribution is 7.90. The number of nitrogens with zero attached hydrogens (tertiary/aromatic N) is 1. The molecule has 0 spiro atoms. The molecular weight excluding hydrogens is 288 g/mol. The largest absolute Gasteiger partial charge is 0.325 e. The highest BCUT2D eigenvalue weighted by Crippen LogP contribution is 2.33. The average molecular weight is 316 g/mol. The Morgan fingerprint density at radius 1 is 1.29 bits per heavy atom. The molecule has 1 aliphatic heterocycles. The van der Waals surface area contributed by atoms with Crippen LogP contribution in [0.1, 0.15) is 46.0 Å². The molecule has 2 fully saturated rings. The summed E-state index contributed by atoms with van der Waals surface area (Å²) in [6, 6.07) is -0.117. The van der Waals surface area contributed by atoms with Crippen LogP contribution in [-0.4, -0.2) is 50.0 Å². The van der Waals surface area contributed by atoms with Gasteiger partial charge in [-0.1, -0.05) is 26.7 Å². The maximum atomic E-state index is 12.6. The topological polar surface area (TPSA) is 66.5 Å². The van der Waals surface area contributed by atoms with E-state index in [1.165, 1.54) is 31.9 Å². The number of amides is 1. The van der Waals surface area contributed by atoms with E-state index in [2.05, 4.69) is 19.2 Å². The highest BCUT2D eigenvalue weighted by atomic mass is 32.2. The van der Waals surface area contributed by atoms with Gasteiger partial charge in [0.15, 0.2) is 0 Å². The summed E-state index contributed by atoms with van der Waals surface area (Å²) in [6.45, 7) is 4.66. The lowest BCUT2D eigenvalue weighted by Crippen LogP contribution is -2.43. The summed E-state index contributed by atoms with van der Waals surface area (Å²) in [5.41, 5.74) is 0. The maximum absolute atomic E-state index is 12.6. The fraction of sp³-hybridized carbons (Fsp3) is 0.933. The Labute approximate surface area is 128 Å². The summed E-state index contributed by atoms with van der Waals surface area (Å²) < 4.78 is 22.6. The first-order chi connectivity index (χ1) is 9.79. The van der Waals surface area contributed by atoms with Crippen LogP contribution in [0.5, 0.6) is 0 Å². The van der Waals surface area contributed by atoms with E-state index in [-0.39, 0.29) is 29.8 Å². The number of hydrogen-bond donors (Lipinski definition) is 1. The number of sulfone groups is 1. The Kier molecular flexibility index (Phi) is 5.30. The number of nitrogens with one attached hydrogen (secondary N) is 1. The molecular formula is C15H28N2O3S. The van der Waals surface area contributed by atoms with Crippen molar-refractivity contribution in [2.24, 2.45) is 11.8 Å². The van der Waals surface area contributed by atoms with Crippen molar-refractivity contribution in [3.05, 3.63) is 0 Å². The standard InChI is InChI=1S/C15H28N2O3S/c1-11(2)13-15(18)17(9-6-10-21(3,19)20)14(16-13)12-7-4-5-8-12/h11-14,16H,4-10H2,1-3H3. The van der Waals surface area contributed by atoms with Gasteiger partial charge < -0.3 is 4.90 Å². The monoisotopic (exact) mass is 316 g/mol. The molecule has 2 aliphatic rings. The lowest BCUT2D eigenvalue weighted by atomic mass is 10.0. The van der Waals surface area contributed by atoms with Gasteiger partial charge in [0.1, 0.15) is 9.84 Å². The minimum absolute atomic E-state index is 0.104. The second-order valence-corrected chi connectivity index (χ2v) is 9.15. The van der Waals surface area contributed by atoms with E-state index >= 15 is 0 Å². The van der Waals surface area contributed by atoms with E-state index in [0.717, 1.165) is 0 Å². The summed E-state index contributed by atoms with van der Waals surface area (Å²) >= 11 is 0. The molecule has 1 aliphatic carbocycles. The normalized spacial score (nSPS) is 28.0. The lowest BCUT2D eigenvalue weighted by Gasteiger charge is -2.29. The molecule has 2 unspecified atom stereocenters. The summed E-state index contributed by atoms with van der Waals surface area (Å²) in [5.74, 6) is 1.09. The molecule has 1 heterocycles. The number of rotatable bonds is 6. The molecule has 5 nitrogen and oxygen atoms in total. The van der Waals surface area contributed by atoms with Crippen LogP contribution in [0.25, 0.3) is 0 Å². The summed E-state index contributed by atoms with van der Waals surface area (Å²) in [6.07, 6.45) is 6.69.